The van der Waals surface area contributed by atoms with Gasteiger partial charge >= 0.3 is 0 Å². The summed E-state index contributed by atoms with van der Waals surface area (Å²) < 4.78 is 13.1. The molecule has 0 aliphatic heterocycles. The summed E-state index contributed by atoms with van der Waals surface area (Å²) in [4.78, 5) is 0. The van der Waals surface area contributed by atoms with Gasteiger partial charge in [0.2, 0.25) is 0 Å². The minimum absolute atomic E-state index is 0.262. The van der Waals surface area contributed by atoms with E-state index < -0.39 is 6.10 Å². The van der Waals surface area contributed by atoms with Gasteiger partial charge in [0, 0.05) is 5.56 Å². The van der Waals surface area contributed by atoms with Crippen LogP contribution in [0.2, 0.25) is 0 Å². The Hall–Kier alpha value is -1.15. The Kier molecular flexibility index (Phi) is 3.20. The highest BCUT2D eigenvalue weighted by Gasteiger charge is 2.01. The predicted octanol–water partition coefficient (Wildman–Crippen LogP) is 2.61. The number of benzene rings is 1. The van der Waals surface area contributed by atoms with E-state index in [-0.39, 0.29) is 5.82 Å². The first-order chi connectivity index (χ1) is 6.11. The summed E-state index contributed by atoms with van der Waals surface area (Å²) in [7, 11) is 0. The van der Waals surface area contributed by atoms with Gasteiger partial charge in [-0.1, -0.05) is 24.3 Å². The van der Waals surface area contributed by atoms with Crippen LogP contribution in [0.25, 0.3) is 6.08 Å². The molecule has 0 saturated carbocycles. The van der Waals surface area contributed by atoms with Gasteiger partial charge in [0.25, 0.3) is 0 Å². The van der Waals surface area contributed by atoms with Gasteiger partial charge in [-0.3, -0.25) is 0 Å². The van der Waals surface area contributed by atoms with Gasteiger partial charge in [-0.25, -0.2) is 4.39 Å². The number of hydrogen-bond acceptors (Lipinski definition) is 1. The van der Waals surface area contributed by atoms with Crippen LogP contribution in [-0.4, -0.2) is 11.2 Å². The Morgan fingerprint density at radius 1 is 1.46 bits per heavy atom. The van der Waals surface area contributed by atoms with E-state index in [4.69, 9.17) is 0 Å². The molecule has 0 radical (unpaired) electrons. The summed E-state index contributed by atoms with van der Waals surface area (Å²) in [5.41, 5.74) is 1.27. The highest BCUT2D eigenvalue weighted by atomic mass is 19.1. The molecule has 1 N–H and O–H groups in total. The Balaban J connectivity index is 2.97. The van der Waals surface area contributed by atoms with E-state index in [2.05, 4.69) is 0 Å². The van der Waals surface area contributed by atoms with Gasteiger partial charge in [-0.15, -0.1) is 0 Å². The van der Waals surface area contributed by atoms with Gasteiger partial charge in [-0.2, -0.15) is 0 Å². The van der Waals surface area contributed by atoms with Gasteiger partial charge in [0.15, 0.2) is 0 Å². The molecule has 0 aliphatic carbocycles. The van der Waals surface area contributed by atoms with E-state index in [9.17, 15) is 9.50 Å². The highest BCUT2D eigenvalue weighted by molar-refractivity contribution is 5.53. The molecule has 1 nitrogen and oxygen atoms in total. The Morgan fingerprint density at radius 3 is 2.62 bits per heavy atom. The molecule has 0 amide bonds. The van der Waals surface area contributed by atoms with E-state index in [0.717, 1.165) is 5.57 Å². The van der Waals surface area contributed by atoms with Gasteiger partial charge in [-0.05, 0) is 25.5 Å². The van der Waals surface area contributed by atoms with Gasteiger partial charge in [0.1, 0.15) is 5.82 Å². The van der Waals surface area contributed by atoms with Crippen LogP contribution >= 0.6 is 0 Å². The van der Waals surface area contributed by atoms with Crippen molar-refractivity contribution in [1.82, 2.24) is 0 Å². The van der Waals surface area contributed by atoms with Crippen molar-refractivity contribution in [2.75, 3.05) is 0 Å². The topological polar surface area (TPSA) is 20.2 Å². The maximum Gasteiger partial charge on any atom is 0.130 e. The minimum Gasteiger partial charge on any atom is -0.389 e. The zero-order chi connectivity index (χ0) is 9.84. The maximum absolute atomic E-state index is 13.1. The van der Waals surface area contributed by atoms with E-state index in [1.165, 1.54) is 6.07 Å². The Bertz CT molecular complexity index is 316. The Morgan fingerprint density at radius 2 is 2.08 bits per heavy atom. The van der Waals surface area contributed by atoms with Crippen LogP contribution < -0.4 is 0 Å². The largest absolute Gasteiger partial charge is 0.389 e. The zero-order valence-electron chi connectivity index (χ0n) is 7.79. The van der Waals surface area contributed by atoms with Gasteiger partial charge in [0.05, 0.1) is 6.10 Å². The number of rotatable bonds is 2. The fourth-order valence-electron chi connectivity index (χ4n) is 0.958. The van der Waals surface area contributed by atoms with Crippen molar-refractivity contribution in [2.45, 2.75) is 20.0 Å². The number of aliphatic hydroxyl groups excluding tert-OH is 1. The first kappa shape index (κ1) is 9.93. The van der Waals surface area contributed by atoms with Crippen LogP contribution in [0.15, 0.2) is 29.8 Å². The van der Waals surface area contributed by atoms with Crippen LogP contribution in [0, 0.1) is 5.82 Å². The molecular formula is C11H13FO. The molecule has 1 atom stereocenters. The van der Waals surface area contributed by atoms with Crippen LogP contribution in [0.3, 0.4) is 0 Å². The van der Waals surface area contributed by atoms with Crippen molar-refractivity contribution in [1.29, 1.82) is 0 Å². The van der Waals surface area contributed by atoms with Crippen LogP contribution in [0.4, 0.5) is 4.39 Å². The number of hydrogen-bond donors (Lipinski definition) is 1. The molecule has 0 heterocycles. The molecule has 1 aromatic rings. The number of aliphatic hydroxyl groups is 1. The minimum atomic E-state index is -0.528. The molecule has 0 fully saturated rings. The van der Waals surface area contributed by atoms with E-state index in [1.54, 1.807) is 38.1 Å². The van der Waals surface area contributed by atoms with Crippen LogP contribution in [0.5, 0.6) is 0 Å². The SMILES string of the molecule is C/C(=C\c1ccccc1F)C(C)O. The molecule has 0 aliphatic rings. The van der Waals surface area contributed by atoms with Crippen molar-refractivity contribution in [3.63, 3.8) is 0 Å². The third kappa shape index (κ3) is 2.67. The molecule has 0 spiro atoms. The first-order valence-corrected chi connectivity index (χ1v) is 4.22. The molecule has 2 heteroatoms. The molecule has 13 heavy (non-hydrogen) atoms. The average molecular weight is 180 g/mol. The second-order valence-corrected chi connectivity index (χ2v) is 3.09. The molecule has 1 rings (SSSR count). The quantitative estimate of drug-likeness (QED) is 0.741. The maximum atomic E-state index is 13.1. The monoisotopic (exact) mass is 180 g/mol. The summed E-state index contributed by atoms with van der Waals surface area (Å²) in [5, 5.41) is 9.18. The molecular weight excluding hydrogens is 167 g/mol. The average Bonchev–Trinajstić information content (AvgIpc) is 2.08. The molecule has 1 aromatic carbocycles. The molecule has 70 valence electrons. The first-order valence-electron chi connectivity index (χ1n) is 4.22. The predicted molar refractivity (Wildman–Crippen MR) is 51.7 cm³/mol. The fraction of sp³-hybridized carbons (Fsp3) is 0.273. The van der Waals surface area contributed by atoms with Crippen LogP contribution in [-0.2, 0) is 0 Å². The van der Waals surface area contributed by atoms with Crippen molar-refractivity contribution in [3.8, 4) is 0 Å². The van der Waals surface area contributed by atoms with Crippen molar-refractivity contribution < 1.29 is 9.50 Å². The summed E-state index contributed by atoms with van der Waals surface area (Å²) >= 11 is 0. The number of halogens is 1. The highest BCUT2D eigenvalue weighted by Crippen LogP contribution is 2.12. The molecule has 0 bridgehead atoms. The van der Waals surface area contributed by atoms with E-state index >= 15 is 0 Å². The second kappa shape index (κ2) is 4.19. The van der Waals surface area contributed by atoms with E-state index in [0.29, 0.717) is 5.56 Å². The lowest BCUT2D eigenvalue weighted by Gasteiger charge is -2.04. The lowest BCUT2D eigenvalue weighted by molar-refractivity contribution is 0.232. The van der Waals surface area contributed by atoms with Gasteiger partial charge < -0.3 is 5.11 Å². The Labute approximate surface area is 77.5 Å². The summed E-state index contributed by atoms with van der Waals surface area (Å²) in [6.45, 7) is 3.43. The van der Waals surface area contributed by atoms with Crippen molar-refractivity contribution in [3.05, 3.63) is 41.2 Å². The van der Waals surface area contributed by atoms with Crippen molar-refractivity contribution in [2.24, 2.45) is 0 Å². The second-order valence-electron chi connectivity index (χ2n) is 3.09. The molecule has 0 saturated heterocycles. The van der Waals surface area contributed by atoms with Crippen LogP contribution in [0.1, 0.15) is 19.4 Å². The normalized spacial score (nSPS) is 14.3. The summed E-state index contributed by atoms with van der Waals surface area (Å²) in [6, 6.07) is 6.50. The van der Waals surface area contributed by atoms with E-state index in [1.807, 2.05) is 0 Å². The molecule has 0 aromatic heterocycles. The third-order valence-corrected chi connectivity index (χ3v) is 1.95. The summed E-state index contributed by atoms with van der Waals surface area (Å²) in [6.07, 6.45) is 1.12. The van der Waals surface area contributed by atoms with Crippen molar-refractivity contribution >= 4 is 6.08 Å². The fourth-order valence-corrected chi connectivity index (χ4v) is 0.958. The lowest BCUT2D eigenvalue weighted by atomic mass is 10.1. The standard InChI is InChI=1S/C11H13FO/c1-8(9(2)13)7-10-5-3-4-6-11(10)12/h3-7,9,13H,1-2H3/b8-7+. The molecule has 1 unspecified atom stereocenters. The summed E-state index contributed by atoms with van der Waals surface area (Å²) in [5.74, 6) is -0.262. The smallest absolute Gasteiger partial charge is 0.130 e. The third-order valence-electron chi connectivity index (χ3n) is 1.95. The zero-order valence-corrected chi connectivity index (χ0v) is 7.79. The lowest BCUT2D eigenvalue weighted by Crippen LogP contribution is -2.00.